The number of fused-ring (bicyclic) bond motifs is 1. The molecule has 0 N–H and O–H groups in total. The van der Waals surface area contributed by atoms with E-state index >= 15 is 0 Å². The Labute approximate surface area is 133 Å². The first-order chi connectivity index (χ1) is 10.4. The van der Waals surface area contributed by atoms with Gasteiger partial charge in [-0.25, -0.2) is 0 Å². The molecule has 2 rings (SSSR count). The Morgan fingerprint density at radius 1 is 1.09 bits per heavy atom. The summed E-state index contributed by atoms with van der Waals surface area (Å²) in [4.78, 5) is 22.5. The molecule has 0 unspecified atom stereocenters. The molecular weight excluding hydrogens is 280 g/mol. The second kappa shape index (κ2) is 7.30. The van der Waals surface area contributed by atoms with E-state index < -0.39 is 0 Å². The molecule has 1 fully saturated rings. The van der Waals surface area contributed by atoms with Crippen molar-refractivity contribution in [3.05, 3.63) is 11.3 Å². The van der Waals surface area contributed by atoms with E-state index in [9.17, 15) is 9.59 Å². The molecule has 4 heteroatoms. The highest BCUT2D eigenvalue weighted by molar-refractivity contribution is 5.67. The van der Waals surface area contributed by atoms with Gasteiger partial charge in [0, 0.05) is 20.3 Å². The Bertz CT molecular complexity index is 466. The summed E-state index contributed by atoms with van der Waals surface area (Å²) in [7, 11) is 0. The number of allylic oxidation sites excluding steroid dienone is 2. The maximum atomic E-state index is 11.3. The zero-order valence-electron chi connectivity index (χ0n) is 14.2. The van der Waals surface area contributed by atoms with E-state index in [-0.39, 0.29) is 11.9 Å². The van der Waals surface area contributed by atoms with Crippen LogP contribution in [0.1, 0.15) is 59.8 Å². The summed E-state index contributed by atoms with van der Waals surface area (Å²) < 4.78 is 10.7. The zero-order chi connectivity index (χ0) is 16.3. The van der Waals surface area contributed by atoms with Gasteiger partial charge in [-0.15, -0.1) is 0 Å². The highest BCUT2D eigenvalue weighted by atomic mass is 16.5. The molecule has 0 amide bonds. The summed E-state index contributed by atoms with van der Waals surface area (Å²) in [6.45, 7) is 7.82. The van der Waals surface area contributed by atoms with Gasteiger partial charge in [0.05, 0.1) is 6.61 Å². The fraction of sp³-hybridized carbons (Fsp3) is 0.778. The standard InChI is InChI=1S/C18H28O4/c1-11-5-7-16-15(10-21-13(3)19)6-8-18(22-14(4)20)12(2)9-17(11)16/h11,15-17H,5-10H2,1-4H3/b18-12+/t11-,15+,16+,17+/m0/s1. The number of hydrogen-bond donors (Lipinski definition) is 0. The van der Waals surface area contributed by atoms with Crippen LogP contribution < -0.4 is 0 Å². The Morgan fingerprint density at radius 3 is 2.45 bits per heavy atom. The molecule has 4 nitrogen and oxygen atoms in total. The van der Waals surface area contributed by atoms with E-state index in [2.05, 4.69) is 13.8 Å². The van der Waals surface area contributed by atoms with Gasteiger partial charge in [-0.2, -0.15) is 0 Å². The third kappa shape index (κ3) is 4.11. The number of carbonyl (C=O) groups excluding carboxylic acids is 2. The lowest BCUT2D eigenvalue weighted by Crippen LogP contribution is -2.28. The van der Waals surface area contributed by atoms with E-state index in [0.717, 1.165) is 25.0 Å². The lowest BCUT2D eigenvalue weighted by Gasteiger charge is -2.33. The van der Waals surface area contributed by atoms with Crippen molar-refractivity contribution >= 4 is 11.9 Å². The van der Waals surface area contributed by atoms with Crippen molar-refractivity contribution in [2.24, 2.45) is 23.7 Å². The molecule has 0 spiro atoms. The van der Waals surface area contributed by atoms with Gasteiger partial charge in [0.15, 0.2) is 0 Å². The third-order valence-corrected chi connectivity index (χ3v) is 5.37. The molecular formula is C18H28O4. The molecule has 0 bridgehead atoms. The van der Waals surface area contributed by atoms with Crippen molar-refractivity contribution in [3.8, 4) is 0 Å². The van der Waals surface area contributed by atoms with Crippen LogP contribution in [0.2, 0.25) is 0 Å². The Morgan fingerprint density at radius 2 is 1.82 bits per heavy atom. The molecule has 124 valence electrons. The molecule has 4 atom stereocenters. The van der Waals surface area contributed by atoms with Gasteiger partial charge < -0.3 is 9.47 Å². The predicted octanol–water partition coefficient (Wildman–Crippen LogP) is 3.85. The van der Waals surface area contributed by atoms with Crippen LogP contribution >= 0.6 is 0 Å². The minimum Gasteiger partial charge on any atom is -0.466 e. The number of hydrogen-bond acceptors (Lipinski definition) is 4. The van der Waals surface area contributed by atoms with E-state index in [0.29, 0.717) is 30.3 Å². The molecule has 0 saturated heterocycles. The molecule has 1 saturated carbocycles. The quantitative estimate of drug-likeness (QED) is 0.743. The summed E-state index contributed by atoms with van der Waals surface area (Å²) >= 11 is 0. The summed E-state index contributed by atoms with van der Waals surface area (Å²) in [5, 5.41) is 0. The first kappa shape index (κ1) is 17.0. The van der Waals surface area contributed by atoms with Crippen LogP contribution in [0.4, 0.5) is 0 Å². The van der Waals surface area contributed by atoms with Gasteiger partial charge in [-0.05, 0) is 55.4 Å². The highest BCUT2D eigenvalue weighted by Gasteiger charge is 2.40. The lowest BCUT2D eigenvalue weighted by atomic mass is 9.74. The van der Waals surface area contributed by atoms with E-state index in [4.69, 9.17) is 9.47 Å². The second-order valence-electron chi connectivity index (χ2n) is 6.98. The molecule has 2 aliphatic rings. The lowest BCUT2D eigenvalue weighted by molar-refractivity contribution is -0.143. The zero-order valence-corrected chi connectivity index (χ0v) is 14.2. The predicted molar refractivity (Wildman–Crippen MR) is 83.8 cm³/mol. The molecule has 0 radical (unpaired) electrons. The fourth-order valence-electron chi connectivity index (χ4n) is 4.20. The summed E-state index contributed by atoms with van der Waals surface area (Å²) in [5.41, 5.74) is 1.21. The smallest absolute Gasteiger partial charge is 0.307 e. The number of carbonyl (C=O) groups is 2. The first-order valence-electron chi connectivity index (χ1n) is 8.38. The van der Waals surface area contributed by atoms with Gasteiger partial charge in [0.25, 0.3) is 0 Å². The molecule has 0 aromatic rings. The monoisotopic (exact) mass is 308 g/mol. The number of ether oxygens (including phenoxy) is 2. The van der Waals surface area contributed by atoms with Crippen molar-refractivity contribution in [2.45, 2.75) is 59.8 Å². The Hall–Kier alpha value is -1.32. The third-order valence-electron chi connectivity index (χ3n) is 5.37. The normalized spacial score (nSPS) is 35.3. The molecule has 22 heavy (non-hydrogen) atoms. The average Bonchev–Trinajstić information content (AvgIpc) is 2.76. The van der Waals surface area contributed by atoms with E-state index in [1.54, 1.807) is 0 Å². The molecule has 0 aromatic heterocycles. The van der Waals surface area contributed by atoms with Crippen molar-refractivity contribution in [1.29, 1.82) is 0 Å². The van der Waals surface area contributed by atoms with Crippen molar-refractivity contribution < 1.29 is 19.1 Å². The SMILES string of the molecule is CC(=O)OC[C@H]1CC/C(OC(C)=O)=C(/C)C[C@H]2[C@@H]1CC[C@@H]2C. The molecule has 0 aromatic carbocycles. The van der Waals surface area contributed by atoms with Crippen molar-refractivity contribution in [2.75, 3.05) is 6.61 Å². The summed E-state index contributed by atoms with van der Waals surface area (Å²) in [6.07, 6.45) is 5.12. The van der Waals surface area contributed by atoms with E-state index in [1.165, 1.54) is 32.3 Å². The van der Waals surface area contributed by atoms with Crippen molar-refractivity contribution in [3.63, 3.8) is 0 Å². The van der Waals surface area contributed by atoms with Crippen molar-refractivity contribution in [1.82, 2.24) is 0 Å². The highest BCUT2D eigenvalue weighted by Crippen LogP contribution is 2.47. The van der Waals surface area contributed by atoms with Crippen LogP contribution in [0.3, 0.4) is 0 Å². The van der Waals surface area contributed by atoms with Gasteiger partial charge in [-0.1, -0.05) is 13.3 Å². The second-order valence-corrected chi connectivity index (χ2v) is 6.98. The van der Waals surface area contributed by atoms with Gasteiger partial charge in [0.1, 0.15) is 5.76 Å². The molecule has 0 heterocycles. The molecule has 0 aliphatic heterocycles. The summed E-state index contributed by atoms with van der Waals surface area (Å²) in [5.74, 6) is 2.64. The van der Waals surface area contributed by atoms with Gasteiger partial charge >= 0.3 is 11.9 Å². The van der Waals surface area contributed by atoms with Crippen LogP contribution in [0, 0.1) is 23.7 Å². The molecule has 2 aliphatic carbocycles. The number of rotatable bonds is 3. The van der Waals surface area contributed by atoms with Crippen LogP contribution in [-0.4, -0.2) is 18.5 Å². The summed E-state index contributed by atoms with van der Waals surface area (Å²) in [6, 6.07) is 0. The average molecular weight is 308 g/mol. The van der Waals surface area contributed by atoms with Crippen LogP contribution in [-0.2, 0) is 19.1 Å². The Balaban J connectivity index is 2.18. The minimum atomic E-state index is -0.248. The van der Waals surface area contributed by atoms with E-state index in [1.807, 2.05) is 0 Å². The maximum Gasteiger partial charge on any atom is 0.307 e. The largest absolute Gasteiger partial charge is 0.466 e. The van der Waals surface area contributed by atoms with Gasteiger partial charge in [0.2, 0.25) is 0 Å². The first-order valence-corrected chi connectivity index (χ1v) is 8.38. The van der Waals surface area contributed by atoms with Crippen LogP contribution in [0.25, 0.3) is 0 Å². The van der Waals surface area contributed by atoms with Crippen LogP contribution in [0.5, 0.6) is 0 Å². The van der Waals surface area contributed by atoms with Gasteiger partial charge in [-0.3, -0.25) is 9.59 Å². The fourth-order valence-corrected chi connectivity index (χ4v) is 4.20. The Kier molecular flexibility index (Phi) is 5.65. The van der Waals surface area contributed by atoms with Crippen LogP contribution in [0.15, 0.2) is 11.3 Å². The number of esters is 2. The topological polar surface area (TPSA) is 52.6 Å². The maximum absolute atomic E-state index is 11.3. The minimum absolute atomic E-state index is 0.211.